The Labute approximate surface area is 137 Å². The van der Waals surface area contributed by atoms with Gasteiger partial charge in [-0.15, -0.1) is 0 Å². The summed E-state index contributed by atoms with van der Waals surface area (Å²) in [6.07, 6.45) is 3.92. The standard InChI is InChI=1S/C17H28BrN3/c1-13(19)16(14-6-8-15(18)9-7-14)21(4)12-17(20(2)3)10-5-11-17/h6-9,13,16H,5,10-12,19H2,1-4H3. The molecular weight excluding hydrogens is 326 g/mol. The van der Waals surface area contributed by atoms with E-state index in [1.807, 2.05) is 0 Å². The van der Waals surface area contributed by atoms with Crippen LogP contribution in [0.25, 0.3) is 0 Å². The highest BCUT2D eigenvalue weighted by molar-refractivity contribution is 9.10. The minimum absolute atomic E-state index is 0.107. The van der Waals surface area contributed by atoms with E-state index < -0.39 is 0 Å². The quantitative estimate of drug-likeness (QED) is 0.851. The van der Waals surface area contributed by atoms with Gasteiger partial charge in [-0.05, 0) is 65.0 Å². The molecule has 0 aromatic heterocycles. The molecule has 2 unspecified atom stereocenters. The zero-order valence-corrected chi connectivity index (χ0v) is 15.2. The van der Waals surface area contributed by atoms with Crippen molar-refractivity contribution < 1.29 is 0 Å². The molecule has 4 heteroatoms. The summed E-state index contributed by atoms with van der Waals surface area (Å²) in [7, 11) is 6.61. The topological polar surface area (TPSA) is 32.5 Å². The Hall–Kier alpha value is -0.420. The van der Waals surface area contributed by atoms with E-state index in [2.05, 4.69) is 78.1 Å². The van der Waals surface area contributed by atoms with E-state index in [1.165, 1.54) is 24.8 Å². The third-order valence-corrected chi connectivity index (χ3v) is 5.49. The number of halogens is 1. The first-order chi connectivity index (χ1) is 9.85. The predicted octanol–water partition coefficient (Wildman–Crippen LogP) is 3.25. The van der Waals surface area contributed by atoms with Crippen LogP contribution in [-0.2, 0) is 0 Å². The zero-order valence-electron chi connectivity index (χ0n) is 13.6. The molecule has 2 atom stereocenters. The van der Waals surface area contributed by atoms with Crippen LogP contribution in [0.4, 0.5) is 0 Å². The van der Waals surface area contributed by atoms with Gasteiger partial charge in [-0.1, -0.05) is 28.1 Å². The second kappa shape index (κ2) is 6.78. The van der Waals surface area contributed by atoms with Crippen molar-refractivity contribution in [2.75, 3.05) is 27.7 Å². The van der Waals surface area contributed by atoms with Crippen LogP contribution in [0, 0.1) is 0 Å². The lowest BCUT2D eigenvalue weighted by Crippen LogP contribution is -2.58. The van der Waals surface area contributed by atoms with Gasteiger partial charge in [0.1, 0.15) is 0 Å². The van der Waals surface area contributed by atoms with Crippen molar-refractivity contribution in [3.63, 3.8) is 0 Å². The molecule has 1 aliphatic rings. The number of nitrogens with zero attached hydrogens (tertiary/aromatic N) is 2. The highest BCUT2D eigenvalue weighted by atomic mass is 79.9. The molecule has 0 saturated heterocycles. The smallest absolute Gasteiger partial charge is 0.0494 e. The molecule has 1 aromatic carbocycles. The summed E-state index contributed by atoms with van der Waals surface area (Å²) in [6.45, 7) is 3.18. The van der Waals surface area contributed by atoms with Crippen LogP contribution in [0.5, 0.6) is 0 Å². The van der Waals surface area contributed by atoms with Gasteiger partial charge < -0.3 is 10.6 Å². The van der Waals surface area contributed by atoms with Gasteiger partial charge >= 0.3 is 0 Å². The normalized spacial score (nSPS) is 20.4. The van der Waals surface area contributed by atoms with E-state index in [9.17, 15) is 0 Å². The summed E-state index contributed by atoms with van der Waals surface area (Å²) in [5.74, 6) is 0. The SMILES string of the molecule is CC(N)C(c1ccc(Br)cc1)N(C)CC1(N(C)C)CCC1. The number of likely N-dealkylation sites (N-methyl/N-ethyl adjacent to an activating group) is 2. The number of nitrogens with two attached hydrogens (primary N) is 1. The molecule has 118 valence electrons. The van der Waals surface area contributed by atoms with Gasteiger partial charge in [-0.25, -0.2) is 0 Å². The van der Waals surface area contributed by atoms with Crippen LogP contribution in [0.1, 0.15) is 37.8 Å². The largest absolute Gasteiger partial charge is 0.326 e. The Morgan fingerprint density at radius 2 is 1.76 bits per heavy atom. The molecule has 2 rings (SSSR count). The molecule has 0 bridgehead atoms. The molecule has 3 nitrogen and oxygen atoms in total. The van der Waals surface area contributed by atoms with Crippen molar-refractivity contribution in [2.24, 2.45) is 5.73 Å². The second-order valence-electron chi connectivity index (χ2n) is 6.74. The maximum absolute atomic E-state index is 6.30. The van der Waals surface area contributed by atoms with Crippen LogP contribution < -0.4 is 5.73 Å². The Kier molecular flexibility index (Phi) is 5.47. The number of rotatable bonds is 6. The van der Waals surface area contributed by atoms with Crippen molar-refractivity contribution >= 4 is 15.9 Å². The molecule has 1 aliphatic carbocycles. The first kappa shape index (κ1) is 16.9. The van der Waals surface area contributed by atoms with Gasteiger partial charge in [-0.2, -0.15) is 0 Å². The Morgan fingerprint density at radius 3 is 2.14 bits per heavy atom. The van der Waals surface area contributed by atoms with Crippen LogP contribution in [0.15, 0.2) is 28.7 Å². The first-order valence-corrected chi connectivity index (χ1v) is 8.54. The van der Waals surface area contributed by atoms with Gasteiger partial charge in [0.05, 0.1) is 0 Å². The molecule has 21 heavy (non-hydrogen) atoms. The summed E-state index contributed by atoms with van der Waals surface area (Å²) >= 11 is 3.51. The van der Waals surface area contributed by atoms with E-state index in [1.54, 1.807) is 0 Å². The average Bonchev–Trinajstić information content (AvgIpc) is 2.35. The monoisotopic (exact) mass is 353 g/mol. The van der Waals surface area contributed by atoms with Gasteiger partial charge in [0.25, 0.3) is 0 Å². The molecule has 0 spiro atoms. The van der Waals surface area contributed by atoms with Crippen molar-refractivity contribution in [3.8, 4) is 0 Å². The van der Waals surface area contributed by atoms with Gasteiger partial charge in [-0.3, -0.25) is 4.90 Å². The number of benzene rings is 1. The van der Waals surface area contributed by atoms with Gasteiger partial charge in [0, 0.05) is 28.6 Å². The fourth-order valence-electron chi connectivity index (χ4n) is 3.51. The zero-order chi connectivity index (χ0) is 15.6. The minimum atomic E-state index is 0.107. The Bertz CT molecular complexity index is 452. The van der Waals surface area contributed by atoms with Gasteiger partial charge in [0.2, 0.25) is 0 Å². The molecular formula is C17H28BrN3. The molecule has 1 fully saturated rings. The maximum atomic E-state index is 6.30. The third-order valence-electron chi connectivity index (χ3n) is 4.96. The van der Waals surface area contributed by atoms with Crippen molar-refractivity contribution in [1.29, 1.82) is 0 Å². The second-order valence-corrected chi connectivity index (χ2v) is 7.66. The highest BCUT2D eigenvalue weighted by Gasteiger charge is 2.41. The van der Waals surface area contributed by atoms with E-state index in [4.69, 9.17) is 5.73 Å². The fraction of sp³-hybridized carbons (Fsp3) is 0.647. The molecule has 0 amide bonds. The molecule has 1 aromatic rings. The fourth-order valence-corrected chi connectivity index (χ4v) is 3.78. The number of hydrogen-bond acceptors (Lipinski definition) is 3. The summed E-state index contributed by atoms with van der Waals surface area (Å²) in [6, 6.07) is 8.92. The molecule has 2 N–H and O–H groups in total. The van der Waals surface area contributed by atoms with E-state index in [0.717, 1.165) is 11.0 Å². The van der Waals surface area contributed by atoms with Crippen molar-refractivity contribution in [3.05, 3.63) is 34.3 Å². The molecule has 0 heterocycles. The van der Waals surface area contributed by atoms with E-state index in [-0.39, 0.29) is 12.1 Å². The predicted molar refractivity (Wildman–Crippen MR) is 93.4 cm³/mol. The summed E-state index contributed by atoms with van der Waals surface area (Å²) in [5.41, 5.74) is 7.92. The highest BCUT2D eigenvalue weighted by Crippen LogP contribution is 2.38. The van der Waals surface area contributed by atoms with Crippen LogP contribution in [-0.4, -0.2) is 49.1 Å². The van der Waals surface area contributed by atoms with E-state index in [0.29, 0.717) is 5.54 Å². The Morgan fingerprint density at radius 1 is 1.19 bits per heavy atom. The minimum Gasteiger partial charge on any atom is -0.326 e. The lowest BCUT2D eigenvalue weighted by atomic mass is 9.75. The van der Waals surface area contributed by atoms with Gasteiger partial charge in [0.15, 0.2) is 0 Å². The average molecular weight is 354 g/mol. The number of hydrogen-bond donors (Lipinski definition) is 1. The lowest BCUT2D eigenvalue weighted by Gasteiger charge is -2.50. The first-order valence-electron chi connectivity index (χ1n) is 7.74. The van der Waals surface area contributed by atoms with Crippen LogP contribution >= 0.6 is 15.9 Å². The summed E-state index contributed by atoms with van der Waals surface area (Å²) < 4.78 is 1.11. The van der Waals surface area contributed by atoms with E-state index >= 15 is 0 Å². The molecule has 0 aliphatic heterocycles. The molecule has 0 radical (unpaired) electrons. The maximum Gasteiger partial charge on any atom is 0.0494 e. The molecule has 1 saturated carbocycles. The van der Waals surface area contributed by atoms with Crippen molar-refractivity contribution in [1.82, 2.24) is 9.80 Å². The summed E-state index contributed by atoms with van der Waals surface area (Å²) in [5, 5.41) is 0. The van der Waals surface area contributed by atoms with Crippen molar-refractivity contribution in [2.45, 2.75) is 43.8 Å². The third kappa shape index (κ3) is 3.67. The summed E-state index contributed by atoms with van der Waals surface area (Å²) in [4.78, 5) is 4.83. The van der Waals surface area contributed by atoms with Crippen LogP contribution in [0.2, 0.25) is 0 Å². The lowest BCUT2D eigenvalue weighted by molar-refractivity contribution is 0.0131. The van der Waals surface area contributed by atoms with Crippen LogP contribution in [0.3, 0.4) is 0 Å². The Balaban J connectivity index is 2.16.